The fourth-order valence-corrected chi connectivity index (χ4v) is 2.44. The number of nitrogens with zero attached hydrogens (tertiary/aromatic N) is 3. The van der Waals surface area contributed by atoms with E-state index in [4.69, 9.17) is 9.84 Å². The third-order valence-electron chi connectivity index (χ3n) is 3.59. The van der Waals surface area contributed by atoms with Gasteiger partial charge in [0.15, 0.2) is 6.61 Å². The van der Waals surface area contributed by atoms with Crippen molar-refractivity contribution in [2.24, 2.45) is 0 Å². The molecule has 1 N–H and O–H groups in total. The first-order valence-electron chi connectivity index (χ1n) is 7.61. The molecule has 1 heterocycles. The second-order valence-electron chi connectivity index (χ2n) is 5.39. The Labute approximate surface area is 144 Å². The number of allylic oxidation sites excluding steroid dienone is 1. The first kappa shape index (κ1) is 16.3. The molecule has 3 aromatic rings. The van der Waals surface area contributed by atoms with E-state index in [1.807, 2.05) is 28.8 Å². The van der Waals surface area contributed by atoms with Crippen LogP contribution >= 0.6 is 0 Å². The molecule has 0 bridgehead atoms. The van der Waals surface area contributed by atoms with Gasteiger partial charge in [-0.05, 0) is 35.9 Å². The van der Waals surface area contributed by atoms with Crippen LogP contribution in [0, 0.1) is 11.3 Å². The maximum absolute atomic E-state index is 10.5. The van der Waals surface area contributed by atoms with Gasteiger partial charge in [-0.15, -0.1) is 0 Å². The van der Waals surface area contributed by atoms with Gasteiger partial charge in [0.25, 0.3) is 0 Å². The van der Waals surface area contributed by atoms with Crippen LogP contribution in [0.25, 0.3) is 17.1 Å². The van der Waals surface area contributed by atoms with E-state index in [2.05, 4.69) is 11.1 Å². The van der Waals surface area contributed by atoms with E-state index >= 15 is 0 Å². The maximum atomic E-state index is 10.5. The van der Waals surface area contributed by atoms with Crippen LogP contribution < -0.4 is 4.74 Å². The van der Waals surface area contributed by atoms with Crippen LogP contribution in [0.2, 0.25) is 0 Å². The van der Waals surface area contributed by atoms with Crippen molar-refractivity contribution in [1.82, 2.24) is 9.55 Å². The van der Waals surface area contributed by atoms with Crippen LogP contribution in [0.4, 0.5) is 0 Å². The Morgan fingerprint density at radius 2 is 2.00 bits per heavy atom. The van der Waals surface area contributed by atoms with Gasteiger partial charge < -0.3 is 14.4 Å². The summed E-state index contributed by atoms with van der Waals surface area (Å²) >= 11 is 0. The number of carboxylic acids is 1. The first-order valence-corrected chi connectivity index (χ1v) is 7.61. The van der Waals surface area contributed by atoms with E-state index in [0.29, 0.717) is 17.9 Å². The highest BCUT2D eigenvalue weighted by molar-refractivity contribution is 5.75. The minimum Gasteiger partial charge on any atom is -0.482 e. The molecular formula is C19H15N3O3. The minimum atomic E-state index is -1.02. The van der Waals surface area contributed by atoms with E-state index in [1.54, 1.807) is 36.7 Å². The Kier molecular flexibility index (Phi) is 4.77. The molecule has 6 nitrogen and oxygen atoms in total. The van der Waals surface area contributed by atoms with Crippen molar-refractivity contribution in [1.29, 1.82) is 5.26 Å². The number of rotatable bonds is 6. The highest BCUT2D eigenvalue weighted by atomic mass is 16.5. The van der Waals surface area contributed by atoms with Gasteiger partial charge in [-0.3, -0.25) is 0 Å². The van der Waals surface area contributed by atoms with Gasteiger partial charge in [-0.2, -0.15) is 5.26 Å². The predicted molar refractivity (Wildman–Crippen MR) is 92.9 cm³/mol. The van der Waals surface area contributed by atoms with Gasteiger partial charge in [-0.25, -0.2) is 9.78 Å². The number of imidazole rings is 1. The molecular weight excluding hydrogens is 318 g/mol. The lowest BCUT2D eigenvalue weighted by Crippen LogP contribution is -2.09. The molecule has 0 amide bonds. The Hall–Kier alpha value is -3.59. The molecule has 0 saturated heterocycles. The smallest absolute Gasteiger partial charge is 0.341 e. The molecule has 0 saturated carbocycles. The lowest BCUT2D eigenvalue weighted by molar-refractivity contribution is -0.139. The maximum Gasteiger partial charge on any atom is 0.341 e. The predicted octanol–water partition coefficient (Wildman–Crippen LogP) is 3.11. The number of para-hydroxylation sites is 2. The van der Waals surface area contributed by atoms with Crippen LogP contribution in [0.1, 0.15) is 5.56 Å². The summed E-state index contributed by atoms with van der Waals surface area (Å²) in [7, 11) is 0. The third kappa shape index (κ3) is 4.03. The summed E-state index contributed by atoms with van der Waals surface area (Å²) in [6, 6.07) is 16.9. The second kappa shape index (κ2) is 7.32. The average Bonchev–Trinajstić information content (AvgIpc) is 3.03. The number of aromatic nitrogens is 2. The molecule has 1 aromatic heterocycles. The molecule has 25 heavy (non-hydrogen) atoms. The number of hydrogen-bond acceptors (Lipinski definition) is 4. The minimum absolute atomic E-state index is 0.383. The van der Waals surface area contributed by atoms with E-state index in [-0.39, 0.29) is 6.61 Å². The summed E-state index contributed by atoms with van der Waals surface area (Å²) < 4.78 is 7.01. The van der Waals surface area contributed by atoms with E-state index in [1.165, 1.54) is 0 Å². The molecule has 0 aliphatic heterocycles. The number of carboxylic acid groups (broad SMARTS) is 1. The molecule has 0 spiro atoms. The van der Waals surface area contributed by atoms with Crippen LogP contribution in [0.5, 0.6) is 5.75 Å². The topological polar surface area (TPSA) is 88.1 Å². The van der Waals surface area contributed by atoms with Gasteiger partial charge in [0, 0.05) is 5.57 Å². The highest BCUT2D eigenvalue weighted by Crippen LogP contribution is 2.17. The summed E-state index contributed by atoms with van der Waals surface area (Å²) in [5.41, 5.74) is 3.28. The summed E-state index contributed by atoms with van der Waals surface area (Å²) in [6.07, 6.45) is 3.51. The normalized spacial score (nSPS) is 11.2. The van der Waals surface area contributed by atoms with Crippen LogP contribution in [-0.2, 0) is 11.3 Å². The number of aliphatic carboxylic acids is 1. The van der Waals surface area contributed by atoms with Gasteiger partial charge in [0.05, 0.1) is 30.0 Å². The Balaban J connectivity index is 1.76. The lowest BCUT2D eigenvalue weighted by Gasteiger charge is -2.05. The molecule has 0 aliphatic carbocycles. The molecule has 0 atom stereocenters. The Morgan fingerprint density at radius 1 is 1.24 bits per heavy atom. The number of nitriles is 1. The summed E-state index contributed by atoms with van der Waals surface area (Å²) in [4.78, 5) is 14.8. The molecule has 0 fully saturated rings. The molecule has 2 aromatic carbocycles. The fraction of sp³-hybridized carbons (Fsp3) is 0.105. The zero-order valence-electron chi connectivity index (χ0n) is 13.3. The molecule has 124 valence electrons. The molecule has 0 aliphatic rings. The average molecular weight is 333 g/mol. The highest BCUT2D eigenvalue weighted by Gasteiger charge is 2.05. The standard InChI is InChI=1S/C19H15N3O3/c20-10-15(11-22-13-21-17-3-1-2-4-18(17)22)9-14-5-7-16(8-6-14)25-12-19(23)24/h1-9,13H,11-12H2,(H,23,24)/b15-9-. The molecule has 3 rings (SSSR count). The van der Waals surface area contributed by atoms with Gasteiger partial charge in [0.2, 0.25) is 0 Å². The Morgan fingerprint density at radius 3 is 2.72 bits per heavy atom. The van der Waals surface area contributed by atoms with Gasteiger partial charge >= 0.3 is 5.97 Å². The van der Waals surface area contributed by atoms with Crippen molar-refractivity contribution in [3.05, 3.63) is 66.0 Å². The molecule has 0 unspecified atom stereocenters. The number of ether oxygens (including phenoxy) is 1. The van der Waals surface area contributed by atoms with Crippen molar-refractivity contribution in [2.45, 2.75) is 6.54 Å². The lowest BCUT2D eigenvalue weighted by atomic mass is 10.1. The zero-order valence-corrected chi connectivity index (χ0v) is 13.3. The van der Waals surface area contributed by atoms with Crippen LogP contribution in [0.3, 0.4) is 0 Å². The number of benzene rings is 2. The monoisotopic (exact) mass is 333 g/mol. The van der Waals surface area contributed by atoms with Crippen LogP contribution in [0.15, 0.2) is 60.4 Å². The van der Waals surface area contributed by atoms with Gasteiger partial charge in [0.1, 0.15) is 5.75 Å². The number of fused-ring (bicyclic) bond motifs is 1. The fourth-order valence-electron chi connectivity index (χ4n) is 2.44. The van der Waals surface area contributed by atoms with Gasteiger partial charge in [-0.1, -0.05) is 24.3 Å². The van der Waals surface area contributed by atoms with E-state index in [0.717, 1.165) is 16.6 Å². The SMILES string of the molecule is N#C/C(=C/c1ccc(OCC(=O)O)cc1)Cn1cnc2ccccc21. The molecule has 6 heteroatoms. The third-order valence-corrected chi connectivity index (χ3v) is 3.59. The summed E-state index contributed by atoms with van der Waals surface area (Å²) in [6.45, 7) is 0.0423. The van der Waals surface area contributed by atoms with Crippen molar-refractivity contribution in [3.63, 3.8) is 0 Å². The largest absolute Gasteiger partial charge is 0.482 e. The first-order chi connectivity index (χ1) is 12.2. The number of hydrogen-bond donors (Lipinski definition) is 1. The van der Waals surface area contributed by atoms with Crippen molar-refractivity contribution in [3.8, 4) is 11.8 Å². The summed E-state index contributed by atoms with van der Waals surface area (Å²) in [5, 5.41) is 18.0. The second-order valence-corrected chi connectivity index (χ2v) is 5.39. The quantitative estimate of drug-likeness (QED) is 0.700. The van der Waals surface area contributed by atoms with Crippen molar-refractivity contribution < 1.29 is 14.6 Å². The molecule has 0 radical (unpaired) electrons. The number of carbonyl (C=O) groups is 1. The van der Waals surface area contributed by atoms with E-state index < -0.39 is 5.97 Å². The summed E-state index contributed by atoms with van der Waals surface area (Å²) in [5.74, 6) is -0.554. The van der Waals surface area contributed by atoms with Crippen molar-refractivity contribution >= 4 is 23.1 Å². The van der Waals surface area contributed by atoms with Crippen molar-refractivity contribution in [2.75, 3.05) is 6.61 Å². The Bertz CT molecular complexity index is 965. The van der Waals surface area contributed by atoms with Crippen LogP contribution in [-0.4, -0.2) is 27.2 Å². The zero-order chi connectivity index (χ0) is 17.6. The van der Waals surface area contributed by atoms with E-state index in [9.17, 15) is 10.1 Å².